The van der Waals surface area contributed by atoms with E-state index in [2.05, 4.69) is 4.98 Å². The van der Waals surface area contributed by atoms with Crippen molar-refractivity contribution in [1.29, 1.82) is 0 Å². The predicted molar refractivity (Wildman–Crippen MR) is 127 cm³/mol. The fourth-order valence-electron chi connectivity index (χ4n) is 4.35. The molecule has 1 aliphatic carbocycles. The van der Waals surface area contributed by atoms with Crippen molar-refractivity contribution >= 4 is 22.7 Å². The Kier molecular flexibility index (Phi) is 4.93. The highest BCUT2D eigenvalue weighted by Crippen LogP contribution is 2.59. The Morgan fingerprint density at radius 1 is 1.00 bits per heavy atom. The summed E-state index contributed by atoms with van der Waals surface area (Å²) >= 11 is 0. The van der Waals surface area contributed by atoms with E-state index in [1.165, 1.54) is 4.57 Å². The number of amides is 2. The Morgan fingerprint density at radius 2 is 1.71 bits per heavy atom. The molecule has 1 aliphatic rings. The number of rotatable bonds is 6. The zero-order chi connectivity index (χ0) is 24.0. The molecule has 4 aromatic rings. The molecule has 8 nitrogen and oxygen atoms in total. The van der Waals surface area contributed by atoms with Gasteiger partial charge in [-0.05, 0) is 59.5 Å². The maximum atomic E-state index is 12.0. The zero-order valence-electron chi connectivity index (χ0n) is 18.4. The highest BCUT2D eigenvalue weighted by Gasteiger charge is 2.64. The SMILES string of the molecule is Cn1ccc(-c2ccc3c(Oc4ccc(C5CC5(C(N)=O)C(N)=O)cc4)ccnc3c2)cc1=O. The average Bonchev–Trinajstić information content (AvgIpc) is 3.59. The molecule has 1 fully saturated rings. The van der Waals surface area contributed by atoms with Crippen molar-refractivity contribution in [2.24, 2.45) is 23.9 Å². The highest BCUT2D eigenvalue weighted by atomic mass is 16.5. The van der Waals surface area contributed by atoms with Crippen LogP contribution in [0.4, 0.5) is 0 Å². The van der Waals surface area contributed by atoms with E-state index in [0.717, 1.165) is 27.6 Å². The van der Waals surface area contributed by atoms with Crippen molar-refractivity contribution in [3.05, 3.63) is 89.0 Å². The van der Waals surface area contributed by atoms with Crippen molar-refractivity contribution in [3.8, 4) is 22.6 Å². The molecule has 0 saturated heterocycles. The lowest BCUT2D eigenvalue weighted by molar-refractivity contribution is -0.133. The molecule has 0 bridgehead atoms. The predicted octanol–water partition coefficient (Wildman–Crippen LogP) is 2.84. The van der Waals surface area contributed by atoms with Crippen LogP contribution in [-0.2, 0) is 16.6 Å². The molecular weight excluding hydrogens is 432 g/mol. The Labute approximate surface area is 194 Å². The van der Waals surface area contributed by atoms with Crippen LogP contribution in [0.3, 0.4) is 0 Å². The molecule has 5 rings (SSSR count). The lowest BCUT2D eigenvalue weighted by Crippen LogP contribution is -2.38. The minimum absolute atomic E-state index is 0.0822. The molecule has 170 valence electrons. The molecule has 2 aromatic heterocycles. The van der Waals surface area contributed by atoms with Gasteiger partial charge in [0.1, 0.15) is 16.9 Å². The first-order valence-electron chi connectivity index (χ1n) is 10.7. The van der Waals surface area contributed by atoms with Gasteiger partial charge >= 0.3 is 0 Å². The van der Waals surface area contributed by atoms with Crippen LogP contribution in [0.15, 0.2) is 77.9 Å². The average molecular weight is 454 g/mol. The Bertz CT molecular complexity index is 1490. The third-order valence-corrected chi connectivity index (χ3v) is 6.49. The van der Waals surface area contributed by atoms with Gasteiger partial charge in [0, 0.05) is 36.8 Å². The highest BCUT2D eigenvalue weighted by molar-refractivity contribution is 6.08. The first-order valence-corrected chi connectivity index (χ1v) is 10.7. The van der Waals surface area contributed by atoms with Gasteiger partial charge in [0.05, 0.1) is 5.52 Å². The molecule has 2 aromatic carbocycles. The number of hydrogen-bond donors (Lipinski definition) is 2. The number of ether oxygens (including phenoxy) is 1. The second kappa shape index (κ2) is 7.84. The van der Waals surface area contributed by atoms with Crippen molar-refractivity contribution < 1.29 is 14.3 Å². The molecule has 1 unspecified atom stereocenters. The Hall–Kier alpha value is -4.46. The number of aromatic nitrogens is 2. The summed E-state index contributed by atoms with van der Waals surface area (Å²) in [5.41, 5.74) is 12.7. The summed E-state index contributed by atoms with van der Waals surface area (Å²) in [6.07, 6.45) is 3.72. The van der Waals surface area contributed by atoms with Gasteiger partial charge in [-0.25, -0.2) is 0 Å². The maximum Gasteiger partial charge on any atom is 0.250 e. The van der Waals surface area contributed by atoms with Gasteiger partial charge in [-0.2, -0.15) is 0 Å². The first-order chi connectivity index (χ1) is 16.3. The van der Waals surface area contributed by atoms with E-state index in [9.17, 15) is 14.4 Å². The van der Waals surface area contributed by atoms with Gasteiger partial charge in [0.25, 0.3) is 5.56 Å². The number of aryl methyl sites for hydroxylation is 1. The van der Waals surface area contributed by atoms with Gasteiger partial charge in [-0.1, -0.05) is 18.2 Å². The maximum absolute atomic E-state index is 12.0. The molecule has 0 radical (unpaired) electrons. The number of pyridine rings is 2. The fraction of sp³-hybridized carbons (Fsp3) is 0.154. The van der Waals surface area contributed by atoms with Crippen molar-refractivity contribution in [3.63, 3.8) is 0 Å². The molecule has 8 heteroatoms. The van der Waals surface area contributed by atoms with Crippen LogP contribution in [0.1, 0.15) is 17.9 Å². The zero-order valence-corrected chi connectivity index (χ0v) is 18.4. The summed E-state index contributed by atoms with van der Waals surface area (Å²) in [6, 6.07) is 18.2. The van der Waals surface area contributed by atoms with E-state index in [0.29, 0.717) is 17.9 Å². The van der Waals surface area contributed by atoms with Gasteiger partial charge in [0.15, 0.2) is 0 Å². The number of fused-ring (bicyclic) bond motifs is 1. The van der Waals surface area contributed by atoms with Crippen LogP contribution < -0.4 is 21.8 Å². The van der Waals surface area contributed by atoms with Gasteiger partial charge < -0.3 is 20.8 Å². The Morgan fingerprint density at radius 3 is 2.35 bits per heavy atom. The van der Waals surface area contributed by atoms with E-state index in [-0.39, 0.29) is 11.5 Å². The van der Waals surface area contributed by atoms with Crippen LogP contribution in [0.25, 0.3) is 22.0 Å². The smallest absolute Gasteiger partial charge is 0.250 e. The van der Waals surface area contributed by atoms with E-state index in [1.807, 2.05) is 36.4 Å². The van der Waals surface area contributed by atoms with Crippen LogP contribution in [0.2, 0.25) is 0 Å². The monoisotopic (exact) mass is 454 g/mol. The number of hydrogen-bond acceptors (Lipinski definition) is 5. The van der Waals surface area contributed by atoms with E-state index in [4.69, 9.17) is 16.2 Å². The normalized spacial score (nSPS) is 16.2. The summed E-state index contributed by atoms with van der Waals surface area (Å²) in [7, 11) is 1.71. The molecule has 2 amide bonds. The minimum Gasteiger partial charge on any atom is -0.457 e. The number of benzene rings is 2. The third-order valence-electron chi connectivity index (χ3n) is 6.49. The van der Waals surface area contributed by atoms with Gasteiger partial charge in [-0.15, -0.1) is 0 Å². The standard InChI is InChI=1S/C26H22N4O4/c1-30-11-9-17(13-23(30)31)16-4-7-19-21(12-16)29-10-8-22(19)34-18-5-2-15(3-6-18)20-14-26(20,24(27)32)25(28)33/h2-13,20H,14H2,1H3,(H2,27,32)(H2,28,33). The van der Waals surface area contributed by atoms with Gasteiger partial charge in [-0.3, -0.25) is 19.4 Å². The molecule has 0 spiro atoms. The molecular formula is C26H22N4O4. The quantitative estimate of drug-likeness (QED) is 0.433. The largest absolute Gasteiger partial charge is 0.457 e. The summed E-state index contributed by atoms with van der Waals surface area (Å²) in [4.78, 5) is 40.0. The van der Waals surface area contributed by atoms with Crippen LogP contribution in [0.5, 0.6) is 11.5 Å². The first kappa shape index (κ1) is 21.4. The fourth-order valence-corrected chi connectivity index (χ4v) is 4.35. The van der Waals surface area contributed by atoms with Crippen molar-refractivity contribution in [1.82, 2.24) is 9.55 Å². The molecule has 4 N–H and O–H groups in total. The van der Waals surface area contributed by atoms with E-state index >= 15 is 0 Å². The number of carbonyl (C=O) groups is 2. The summed E-state index contributed by atoms with van der Waals surface area (Å²) in [6.45, 7) is 0. The second-order valence-electron chi connectivity index (χ2n) is 8.53. The molecule has 1 saturated carbocycles. The summed E-state index contributed by atoms with van der Waals surface area (Å²) < 4.78 is 7.62. The lowest BCUT2D eigenvalue weighted by Gasteiger charge is -2.12. The number of nitrogens with zero attached hydrogens (tertiary/aromatic N) is 2. The van der Waals surface area contributed by atoms with Crippen LogP contribution in [0, 0.1) is 5.41 Å². The van der Waals surface area contributed by atoms with E-state index < -0.39 is 17.2 Å². The van der Waals surface area contributed by atoms with Crippen molar-refractivity contribution in [2.75, 3.05) is 0 Å². The number of carbonyl (C=O) groups excluding carboxylic acids is 2. The molecule has 1 atom stereocenters. The van der Waals surface area contributed by atoms with Gasteiger partial charge in [0.2, 0.25) is 11.8 Å². The lowest BCUT2D eigenvalue weighted by atomic mass is 9.97. The molecule has 34 heavy (non-hydrogen) atoms. The topological polar surface area (TPSA) is 130 Å². The third kappa shape index (κ3) is 3.49. The summed E-state index contributed by atoms with van der Waals surface area (Å²) in [5, 5.41) is 0.822. The van der Waals surface area contributed by atoms with Crippen LogP contribution in [-0.4, -0.2) is 21.4 Å². The molecule has 2 heterocycles. The second-order valence-corrected chi connectivity index (χ2v) is 8.53. The van der Waals surface area contributed by atoms with Crippen LogP contribution >= 0.6 is 0 Å². The summed E-state index contributed by atoms with van der Waals surface area (Å²) in [5.74, 6) is -0.473. The number of nitrogens with two attached hydrogens (primary N) is 2. The molecule has 0 aliphatic heterocycles. The van der Waals surface area contributed by atoms with E-state index in [1.54, 1.807) is 43.7 Å². The minimum atomic E-state index is -1.30. The van der Waals surface area contributed by atoms with Crippen molar-refractivity contribution in [2.45, 2.75) is 12.3 Å². The number of primary amides is 2. The Balaban J connectivity index is 1.40.